The van der Waals surface area contributed by atoms with Crippen LogP contribution in [0, 0.1) is 0 Å². The Hall–Kier alpha value is -0.610. The highest BCUT2D eigenvalue weighted by molar-refractivity contribution is 5.80. The van der Waals surface area contributed by atoms with Crippen molar-refractivity contribution in [3.63, 3.8) is 0 Å². The Bertz CT molecular complexity index is 183. The van der Waals surface area contributed by atoms with E-state index in [0.717, 1.165) is 13.0 Å². The molecule has 0 rings (SSSR count). The monoisotopic (exact) mass is 202 g/mol. The molecular formula is C10H22N2O2. The molecule has 1 unspecified atom stereocenters. The summed E-state index contributed by atoms with van der Waals surface area (Å²) >= 11 is 0. The Kier molecular flexibility index (Phi) is 5.72. The molecule has 0 bridgehead atoms. The number of ether oxygens (including phenoxy) is 1. The lowest BCUT2D eigenvalue weighted by molar-refractivity contribution is -0.150. The number of likely N-dealkylation sites (N-methyl/N-ethyl adjacent to an activating group) is 1. The van der Waals surface area contributed by atoms with Gasteiger partial charge in [0.2, 0.25) is 0 Å². The predicted molar refractivity (Wildman–Crippen MR) is 57.3 cm³/mol. The van der Waals surface area contributed by atoms with Crippen LogP contribution in [0.5, 0.6) is 0 Å². The molecule has 0 aromatic carbocycles. The number of rotatable bonds is 6. The van der Waals surface area contributed by atoms with Gasteiger partial charge in [-0.05, 0) is 48.0 Å². The first-order valence-electron chi connectivity index (χ1n) is 4.97. The maximum atomic E-state index is 11.6. The molecule has 0 aliphatic carbocycles. The van der Waals surface area contributed by atoms with Gasteiger partial charge in [-0.15, -0.1) is 0 Å². The van der Waals surface area contributed by atoms with Gasteiger partial charge in [0.1, 0.15) is 5.54 Å². The van der Waals surface area contributed by atoms with Gasteiger partial charge < -0.3 is 15.0 Å². The third kappa shape index (κ3) is 4.07. The van der Waals surface area contributed by atoms with E-state index in [2.05, 4.69) is 10.2 Å². The number of nitrogens with zero attached hydrogens (tertiary/aromatic N) is 1. The van der Waals surface area contributed by atoms with Crippen molar-refractivity contribution < 1.29 is 9.53 Å². The van der Waals surface area contributed by atoms with Crippen molar-refractivity contribution >= 4 is 5.97 Å². The molecule has 0 amide bonds. The maximum Gasteiger partial charge on any atom is 0.326 e. The van der Waals surface area contributed by atoms with Gasteiger partial charge in [0, 0.05) is 0 Å². The summed E-state index contributed by atoms with van der Waals surface area (Å²) in [5, 5.41) is 3.02. The van der Waals surface area contributed by atoms with Crippen LogP contribution in [0.3, 0.4) is 0 Å². The van der Waals surface area contributed by atoms with Crippen LogP contribution in [0.2, 0.25) is 0 Å². The van der Waals surface area contributed by atoms with E-state index in [0.29, 0.717) is 6.61 Å². The third-order valence-electron chi connectivity index (χ3n) is 2.34. The summed E-state index contributed by atoms with van der Waals surface area (Å²) in [6, 6.07) is 0. The largest absolute Gasteiger partial charge is 0.465 e. The van der Waals surface area contributed by atoms with Gasteiger partial charge in [0.15, 0.2) is 0 Å². The Balaban J connectivity index is 4.23. The van der Waals surface area contributed by atoms with Gasteiger partial charge in [-0.3, -0.25) is 4.79 Å². The number of esters is 1. The lowest BCUT2D eigenvalue weighted by atomic mass is 9.98. The first-order chi connectivity index (χ1) is 6.46. The van der Waals surface area contributed by atoms with Crippen molar-refractivity contribution in [2.75, 3.05) is 34.3 Å². The highest BCUT2D eigenvalue weighted by Gasteiger charge is 2.32. The third-order valence-corrected chi connectivity index (χ3v) is 2.34. The van der Waals surface area contributed by atoms with E-state index in [4.69, 9.17) is 4.74 Å². The quantitative estimate of drug-likeness (QED) is 0.636. The van der Waals surface area contributed by atoms with E-state index in [1.807, 2.05) is 27.9 Å². The fourth-order valence-corrected chi connectivity index (χ4v) is 1.07. The zero-order chi connectivity index (χ0) is 11.2. The molecule has 0 radical (unpaired) electrons. The molecule has 4 heteroatoms. The fraction of sp³-hybridized carbons (Fsp3) is 0.900. The smallest absolute Gasteiger partial charge is 0.326 e. The van der Waals surface area contributed by atoms with Crippen LogP contribution >= 0.6 is 0 Å². The van der Waals surface area contributed by atoms with Crippen molar-refractivity contribution in [2.45, 2.75) is 25.8 Å². The predicted octanol–water partition coefficient (Wildman–Crippen LogP) is 0.479. The first-order valence-corrected chi connectivity index (χ1v) is 4.97. The summed E-state index contributed by atoms with van der Waals surface area (Å²) < 4.78 is 5.01. The van der Waals surface area contributed by atoms with Crippen molar-refractivity contribution in [3.8, 4) is 0 Å². The molecule has 0 aliphatic heterocycles. The zero-order valence-corrected chi connectivity index (χ0v) is 9.89. The molecule has 84 valence electrons. The molecule has 0 spiro atoms. The van der Waals surface area contributed by atoms with Crippen LogP contribution in [-0.4, -0.2) is 50.7 Å². The Morgan fingerprint density at radius 2 is 2.07 bits per heavy atom. The Morgan fingerprint density at radius 3 is 2.43 bits per heavy atom. The summed E-state index contributed by atoms with van der Waals surface area (Å²) in [6.07, 6.45) is 0.745. The second kappa shape index (κ2) is 5.98. The minimum atomic E-state index is -0.569. The van der Waals surface area contributed by atoms with Crippen molar-refractivity contribution in [1.29, 1.82) is 0 Å². The lowest BCUT2D eigenvalue weighted by Gasteiger charge is -2.27. The molecule has 0 heterocycles. The van der Waals surface area contributed by atoms with Crippen LogP contribution < -0.4 is 5.32 Å². The van der Waals surface area contributed by atoms with E-state index >= 15 is 0 Å². The van der Waals surface area contributed by atoms with Gasteiger partial charge in [-0.25, -0.2) is 0 Å². The summed E-state index contributed by atoms with van der Waals surface area (Å²) in [4.78, 5) is 13.7. The fourth-order valence-electron chi connectivity index (χ4n) is 1.07. The molecule has 0 aromatic rings. The molecule has 0 aliphatic rings. The van der Waals surface area contributed by atoms with Crippen LogP contribution in [-0.2, 0) is 9.53 Å². The Morgan fingerprint density at radius 1 is 1.50 bits per heavy atom. The van der Waals surface area contributed by atoms with Crippen molar-refractivity contribution in [3.05, 3.63) is 0 Å². The second-order valence-corrected chi connectivity index (χ2v) is 3.86. The summed E-state index contributed by atoms with van der Waals surface area (Å²) in [6.45, 7) is 4.97. The number of hydrogen-bond acceptors (Lipinski definition) is 4. The molecular weight excluding hydrogens is 180 g/mol. The number of nitrogens with one attached hydrogen (secondary N) is 1. The van der Waals surface area contributed by atoms with E-state index in [-0.39, 0.29) is 5.97 Å². The average molecular weight is 202 g/mol. The first kappa shape index (κ1) is 13.4. The minimum Gasteiger partial charge on any atom is -0.465 e. The van der Waals surface area contributed by atoms with Crippen molar-refractivity contribution in [2.24, 2.45) is 0 Å². The van der Waals surface area contributed by atoms with Crippen LogP contribution in [0.15, 0.2) is 0 Å². The highest BCUT2D eigenvalue weighted by Crippen LogP contribution is 2.11. The normalized spacial score (nSPS) is 15.3. The molecule has 0 aromatic heterocycles. The molecule has 0 saturated heterocycles. The lowest BCUT2D eigenvalue weighted by Crippen LogP contribution is -2.50. The summed E-state index contributed by atoms with van der Waals surface area (Å²) in [5.41, 5.74) is -0.569. The SMILES string of the molecule is CCOC(=O)C(C)(CCN(C)C)NC. The molecule has 4 nitrogen and oxygen atoms in total. The highest BCUT2D eigenvalue weighted by atomic mass is 16.5. The molecule has 0 fully saturated rings. The molecule has 1 atom stereocenters. The van der Waals surface area contributed by atoms with E-state index in [1.54, 1.807) is 7.05 Å². The maximum absolute atomic E-state index is 11.6. The summed E-state index contributed by atoms with van der Waals surface area (Å²) in [7, 11) is 5.76. The van der Waals surface area contributed by atoms with Crippen LogP contribution in [0.25, 0.3) is 0 Å². The van der Waals surface area contributed by atoms with Crippen LogP contribution in [0.4, 0.5) is 0 Å². The number of carbonyl (C=O) groups excluding carboxylic acids is 1. The number of hydrogen-bond donors (Lipinski definition) is 1. The van der Waals surface area contributed by atoms with E-state index in [9.17, 15) is 4.79 Å². The van der Waals surface area contributed by atoms with E-state index < -0.39 is 5.54 Å². The topological polar surface area (TPSA) is 41.6 Å². The van der Waals surface area contributed by atoms with Gasteiger partial charge in [-0.2, -0.15) is 0 Å². The second-order valence-electron chi connectivity index (χ2n) is 3.86. The van der Waals surface area contributed by atoms with Gasteiger partial charge in [-0.1, -0.05) is 0 Å². The minimum absolute atomic E-state index is 0.177. The van der Waals surface area contributed by atoms with Gasteiger partial charge in [0.05, 0.1) is 6.61 Å². The number of carbonyl (C=O) groups is 1. The molecule has 0 saturated carbocycles. The zero-order valence-electron chi connectivity index (χ0n) is 9.89. The molecule has 1 N–H and O–H groups in total. The standard InChI is InChI=1S/C10H22N2O2/c1-6-14-9(13)10(2,11-3)7-8-12(4)5/h11H,6-8H2,1-5H3. The van der Waals surface area contributed by atoms with E-state index in [1.165, 1.54) is 0 Å². The van der Waals surface area contributed by atoms with Gasteiger partial charge in [0.25, 0.3) is 0 Å². The molecule has 14 heavy (non-hydrogen) atoms. The van der Waals surface area contributed by atoms with Crippen molar-refractivity contribution in [1.82, 2.24) is 10.2 Å². The van der Waals surface area contributed by atoms with Gasteiger partial charge >= 0.3 is 5.97 Å². The average Bonchev–Trinajstić information content (AvgIpc) is 2.14. The van der Waals surface area contributed by atoms with Crippen LogP contribution in [0.1, 0.15) is 20.3 Å². The summed E-state index contributed by atoms with van der Waals surface area (Å²) in [5.74, 6) is -0.177. The Labute approximate surface area is 86.6 Å².